The Hall–Kier alpha value is -1.96. The second-order valence-corrected chi connectivity index (χ2v) is 5.06. The lowest BCUT2D eigenvalue weighted by atomic mass is 10.1. The van der Waals surface area contributed by atoms with E-state index >= 15 is 0 Å². The highest BCUT2D eigenvalue weighted by Crippen LogP contribution is 2.22. The van der Waals surface area contributed by atoms with Gasteiger partial charge in [-0.25, -0.2) is 0 Å². The monoisotopic (exact) mass is 269 g/mol. The van der Waals surface area contributed by atoms with Crippen molar-refractivity contribution in [3.8, 4) is 5.75 Å². The van der Waals surface area contributed by atoms with Crippen LogP contribution in [0.15, 0.2) is 42.5 Å². The Bertz CT molecular complexity index is 563. The quantitative estimate of drug-likeness (QED) is 0.820. The number of anilines is 1. The van der Waals surface area contributed by atoms with Gasteiger partial charge in [0.2, 0.25) is 0 Å². The first-order valence-electron chi connectivity index (χ1n) is 7.23. The third-order valence-electron chi connectivity index (χ3n) is 3.51. The highest BCUT2D eigenvalue weighted by Gasteiger charge is 2.04. The fourth-order valence-electron chi connectivity index (χ4n) is 2.14. The zero-order valence-corrected chi connectivity index (χ0v) is 12.6. The summed E-state index contributed by atoms with van der Waals surface area (Å²) in [5.74, 6) is 0.979. The molecule has 0 radical (unpaired) electrons. The highest BCUT2D eigenvalue weighted by atomic mass is 16.5. The number of aryl methyl sites for hydroxylation is 1. The van der Waals surface area contributed by atoms with Gasteiger partial charge >= 0.3 is 0 Å². The second-order valence-electron chi connectivity index (χ2n) is 5.06. The molecule has 2 aromatic carbocycles. The maximum atomic E-state index is 5.79. The molecule has 0 bridgehead atoms. The summed E-state index contributed by atoms with van der Waals surface area (Å²) in [5.41, 5.74) is 5.00. The minimum Gasteiger partial charge on any atom is -0.493 e. The molecule has 0 atom stereocenters. The van der Waals surface area contributed by atoms with Crippen LogP contribution >= 0.6 is 0 Å². The Labute approximate surface area is 121 Å². The molecule has 0 aliphatic rings. The van der Waals surface area contributed by atoms with Crippen LogP contribution in [-0.4, -0.2) is 6.61 Å². The van der Waals surface area contributed by atoms with Crippen molar-refractivity contribution in [3.63, 3.8) is 0 Å². The summed E-state index contributed by atoms with van der Waals surface area (Å²) in [7, 11) is 0. The Kier molecular flexibility index (Phi) is 5.05. The molecule has 106 valence electrons. The van der Waals surface area contributed by atoms with Crippen molar-refractivity contribution < 1.29 is 4.74 Å². The van der Waals surface area contributed by atoms with E-state index < -0.39 is 0 Å². The minimum absolute atomic E-state index is 0.764. The fourth-order valence-corrected chi connectivity index (χ4v) is 2.14. The van der Waals surface area contributed by atoms with E-state index in [9.17, 15) is 0 Å². The number of para-hydroxylation sites is 1. The molecular weight excluding hydrogens is 246 g/mol. The first-order chi connectivity index (χ1) is 9.72. The van der Waals surface area contributed by atoms with Crippen molar-refractivity contribution in [3.05, 3.63) is 59.2 Å². The van der Waals surface area contributed by atoms with E-state index in [0.29, 0.717) is 0 Å². The normalized spacial score (nSPS) is 10.3. The molecule has 2 rings (SSSR count). The Morgan fingerprint density at radius 2 is 1.80 bits per heavy atom. The number of rotatable bonds is 6. The first-order valence-corrected chi connectivity index (χ1v) is 7.23. The van der Waals surface area contributed by atoms with Crippen LogP contribution < -0.4 is 10.1 Å². The molecule has 0 spiro atoms. The number of ether oxygens (including phenoxy) is 1. The van der Waals surface area contributed by atoms with Gasteiger partial charge in [0.15, 0.2) is 0 Å². The molecule has 0 heterocycles. The van der Waals surface area contributed by atoms with Gasteiger partial charge in [0.1, 0.15) is 5.75 Å². The zero-order chi connectivity index (χ0) is 14.4. The molecule has 2 aromatic rings. The van der Waals surface area contributed by atoms with Gasteiger partial charge in [0.25, 0.3) is 0 Å². The smallest absolute Gasteiger partial charge is 0.124 e. The maximum absolute atomic E-state index is 5.79. The van der Waals surface area contributed by atoms with E-state index in [1.54, 1.807) is 0 Å². The van der Waals surface area contributed by atoms with Crippen LogP contribution in [0.1, 0.15) is 30.0 Å². The summed E-state index contributed by atoms with van der Waals surface area (Å²) >= 11 is 0. The lowest BCUT2D eigenvalue weighted by molar-refractivity contribution is 0.314. The van der Waals surface area contributed by atoms with Crippen molar-refractivity contribution in [1.82, 2.24) is 0 Å². The van der Waals surface area contributed by atoms with Crippen LogP contribution in [0.2, 0.25) is 0 Å². The standard InChI is InChI=1S/C18H23NO/c1-4-12-20-18-11-6-5-9-16(18)13-19-17-10-7-8-14(2)15(17)3/h5-11,19H,4,12-13H2,1-3H3. The highest BCUT2D eigenvalue weighted by molar-refractivity contribution is 5.54. The van der Waals surface area contributed by atoms with E-state index in [2.05, 4.69) is 56.4 Å². The summed E-state index contributed by atoms with van der Waals surface area (Å²) in [6, 6.07) is 14.6. The lowest BCUT2D eigenvalue weighted by Gasteiger charge is -2.14. The van der Waals surface area contributed by atoms with Gasteiger partial charge < -0.3 is 10.1 Å². The van der Waals surface area contributed by atoms with Gasteiger partial charge in [-0.1, -0.05) is 37.3 Å². The number of benzene rings is 2. The summed E-state index contributed by atoms with van der Waals surface area (Å²) in [6.07, 6.45) is 1.03. The van der Waals surface area contributed by atoms with Crippen molar-refractivity contribution >= 4 is 5.69 Å². The van der Waals surface area contributed by atoms with Gasteiger partial charge in [-0.05, 0) is 43.5 Å². The third kappa shape index (κ3) is 3.53. The molecule has 0 aliphatic carbocycles. The maximum Gasteiger partial charge on any atom is 0.124 e. The SMILES string of the molecule is CCCOc1ccccc1CNc1cccc(C)c1C. The predicted octanol–water partition coefficient (Wildman–Crippen LogP) is 4.70. The van der Waals surface area contributed by atoms with Gasteiger partial charge in [0.05, 0.1) is 6.61 Å². The van der Waals surface area contributed by atoms with Crippen molar-refractivity contribution in [2.75, 3.05) is 11.9 Å². The van der Waals surface area contributed by atoms with Crippen LogP contribution in [-0.2, 0) is 6.54 Å². The van der Waals surface area contributed by atoms with Crippen molar-refractivity contribution in [2.24, 2.45) is 0 Å². The molecular formula is C18H23NO. The van der Waals surface area contributed by atoms with Crippen LogP contribution in [0.4, 0.5) is 5.69 Å². The van der Waals surface area contributed by atoms with Gasteiger partial charge in [0, 0.05) is 17.8 Å². The Morgan fingerprint density at radius 3 is 2.60 bits per heavy atom. The number of nitrogens with one attached hydrogen (secondary N) is 1. The largest absolute Gasteiger partial charge is 0.493 e. The summed E-state index contributed by atoms with van der Waals surface area (Å²) in [5, 5.41) is 3.51. The van der Waals surface area contributed by atoms with E-state index in [1.807, 2.05) is 12.1 Å². The van der Waals surface area contributed by atoms with Gasteiger partial charge in [-0.2, -0.15) is 0 Å². The van der Waals surface area contributed by atoms with Crippen LogP contribution in [0.25, 0.3) is 0 Å². The molecule has 2 heteroatoms. The number of hydrogen-bond acceptors (Lipinski definition) is 2. The molecule has 0 saturated carbocycles. The molecule has 0 fully saturated rings. The molecule has 1 N–H and O–H groups in total. The van der Waals surface area contributed by atoms with E-state index in [0.717, 1.165) is 25.3 Å². The topological polar surface area (TPSA) is 21.3 Å². The lowest BCUT2D eigenvalue weighted by Crippen LogP contribution is -2.05. The Morgan fingerprint density at radius 1 is 1.00 bits per heavy atom. The van der Waals surface area contributed by atoms with Gasteiger partial charge in [-0.3, -0.25) is 0 Å². The molecule has 0 aromatic heterocycles. The molecule has 0 amide bonds. The van der Waals surface area contributed by atoms with Gasteiger partial charge in [-0.15, -0.1) is 0 Å². The van der Waals surface area contributed by atoms with Crippen LogP contribution in [0, 0.1) is 13.8 Å². The predicted molar refractivity (Wildman–Crippen MR) is 85.5 cm³/mol. The minimum atomic E-state index is 0.764. The summed E-state index contributed by atoms with van der Waals surface area (Å²) < 4.78 is 5.79. The number of hydrogen-bond donors (Lipinski definition) is 1. The van der Waals surface area contributed by atoms with E-state index in [4.69, 9.17) is 4.74 Å². The molecule has 0 unspecified atom stereocenters. The summed E-state index contributed by atoms with van der Waals surface area (Å²) in [6.45, 7) is 7.96. The van der Waals surface area contributed by atoms with Crippen molar-refractivity contribution in [1.29, 1.82) is 0 Å². The Balaban J connectivity index is 2.09. The van der Waals surface area contributed by atoms with E-state index in [1.165, 1.54) is 22.4 Å². The van der Waals surface area contributed by atoms with E-state index in [-0.39, 0.29) is 0 Å². The molecule has 2 nitrogen and oxygen atoms in total. The average molecular weight is 269 g/mol. The third-order valence-corrected chi connectivity index (χ3v) is 3.51. The molecule has 0 saturated heterocycles. The second kappa shape index (κ2) is 6.99. The fraction of sp³-hybridized carbons (Fsp3) is 0.333. The zero-order valence-electron chi connectivity index (χ0n) is 12.6. The van der Waals surface area contributed by atoms with Crippen LogP contribution in [0.5, 0.6) is 5.75 Å². The van der Waals surface area contributed by atoms with Crippen LogP contribution in [0.3, 0.4) is 0 Å². The first kappa shape index (κ1) is 14.4. The molecule has 20 heavy (non-hydrogen) atoms. The molecule has 0 aliphatic heterocycles. The summed E-state index contributed by atoms with van der Waals surface area (Å²) in [4.78, 5) is 0. The van der Waals surface area contributed by atoms with Crippen molar-refractivity contribution in [2.45, 2.75) is 33.7 Å². The average Bonchev–Trinajstić information content (AvgIpc) is 2.47.